The van der Waals surface area contributed by atoms with Gasteiger partial charge in [0.05, 0.1) is 11.0 Å². The first kappa shape index (κ1) is 15.9. The lowest BCUT2D eigenvalue weighted by Crippen LogP contribution is -2.39. The number of aromatic nitrogens is 3. The van der Waals surface area contributed by atoms with Gasteiger partial charge in [0.2, 0.25) is 0 Å². The number of aryl methyl sites for hydroxylation is 2. The second kappa shape index (κ2) is 6.35. The van der Waals surface area contributed by atoms with E-state index in [2.05, 4.69) is 39.8 Å². The van der Waals surface area contributed by atoms with Gasteiger partial charge < -0.3 is 14.0 Å². The van der Waals surface area contributed by atoms with Crippen LogP contribution in [0, 0.1) is 19.8 Å². The van der Waals surface area contributed by atoms with E-state index in [1.165, 1.54) is 5.52 Å². The van der Waals surface area contributed by atoms with Crippen molar-refractivity contribution in [3.05, 3.63) is 47.6 Å². The van der Waals surface area contributed by atoms with Crippen LogP contribution in [0.3, 0.4) is 0 Å². The van der Waals surface area contributed by atoms with E-state index in [1.807, 2.05) is 11.0 Å². The number of likely N-dealkylation sites (tertiary alicyclic amines) is 1. The maximum Gasteiger partial charge on any atom is 0.276 e. The Hall–Kier alpha value is -2.63. The summed E-state index contributed by atoms with van der Waals surface area (Å²) in [5, 5.41) is 3.84. The quantitative estimate of drug-likeness (QED) is 0.736. The number of para-hydroxylation sites is 2. The summed E-state index contributed by atoms with van der Waals surface area (Å²) in [5.74, 6) is 2.25. The van der Waals surface area contributed by atoms with Crippen LogP contribution >= 0.6 is 0 Å². The van der Waals surface area contributed by atoms with E-state index >= 15 is 0 Å². The summed E-state index contributed by atoms with van der Waals surface area (Å²) in [6, 6.07) is 9.96. The maximum atomic E-state index is 12.5. The molecule has 3 heterocycles. The molecule has 6 heteroatoms. The SMILES string of the molecule is Cc1cc(C(=O)N2CCC(Cn3c(C)nc4ccccc43)CC2)no1. The van der Waals surface area contributed by atoms with Crippen molar-refractivity contribution in [3.8, 4) is 0 Å². The number of carbonyl (C=O) groups is 1. The number of fused-ring (bicyclic) bond motifs is 1. The topological polar surface area (TPSA) is 64.2 Å². The lowest BCUT2D eigenvalue weighted by atomic mass is 9.96. The van der Waals surface area contributed by atoms with E-state index < -0.39 is 0 Å². The lowest BCUT2D eigenvalue weighted by Gasteiger charge is -2.32. The molecule has 3 aromatic rings. The van der Waals surface area contributed by atoms with E-state index in [-0.39, 0.29) is 5.91 Å². The second-order valence-corrected chi connectivity index (χ2v) is 6.82. The first-order chi connectivity index (χ1) is 12.1. The number of amides is 1. The van der Waals surface area contributed by atoms with Gasteiger partial charge >= 0.3 is 0 Å². The van der Waals surface area contributed by atoms with Crippen molar-refractivity contribution in [2.75, 3.05) is 13.1 Å². The molecule has 0 N–H and O–H groups in total. The normalized spacial score (nSPS) is 15.8. The van der Waals surface area contributed by atoms with Gasteiger partial charge in [-0.05, 0) is 44.7 Å². The molecule has 1 aliphatic heterocycles. The van der Waals surface area contributed by atoms with Crippen LogP contribution < -0.4 is 0 Å². The van der Waals surface area contributed by atoms with Crippen molar-refractivity contribution < 1.29 is 9.32 Å². The molecule has 4 rings (SSSR count). The van der Waals surface area contributed by atoms with Gasteiger partial charge in [-0.25, -0.2) is 4.98 Å². The van der Waals surface area contributed by atoms with Crippen molar-refractivity contribution >= 4 is 16.9 Å². The summed E-state index contributed by atoms with van der Waals surface area (Å²) in [6.45, 7) is 6.35. The molecule has 0 unspecified atom stereocenters. The first-order valence-electron chi connectivity index (χ1n) is 8.76. The Kier molecular flexibility index (Phi) is 4.03. The van der Waals surface area contributed by atoms with Crippen LogP contribution in [0.15, 0.2) is 34.9 Å². The molecule has 25 heavy (non-hydrogen) atoms. The van der Waals surface area contributed by atoms with Crippen LogP contribution in [0.1, 0.15) is 34.9 Å². The Bertz CT molecular complexity index is 903. The molecular formula is C19H22N4O2. The number of nitrogens with zero attached hydrogens (tertiary/aromatic N) is 4. The maximum absolute atomic E-state index is 12.5. The zero-order valence-electron chi connectivity index (χ0n) is 14.6. The summed E-state index contributed by atoms with van der Waals surface area (Å²) in [7, 11) is 0. The van der Waals surface area contributed by atoms with Crippen LogP contribution in [0.4, 0.5) is 0 Å². The molecule has 2 aromatic heterocycles. The number of rotatable bonds is 3. The summed E-state index contributed by atoms with van der Waals surface area (Å²) >= 11 is 0. The van der Waals surface area contributed by atoms with Crippen LogP contribution in [-0.4, -0.2) is 38.6 Å². The Labute approximate surface area is 146 Å². The minimum atomic E-state index is -0.0282. The Balaban J connectivity index is 1.42. The predicted molar refractivity (Wildman–Crippen MR) is 94.3 cm³/mol. The number of hydrogen-bond acceptors (Lipinski definition) is 4. The molecule has 1 aromatic carbocycles. The minimum absolute atomic E-state index is 0.0282. The summed E-state index contributed by atoms with van der Waals surface area (Å²) in [4.78, 5) is 19.0. The van der Waals surface area contributed by atoms with Crippen LogP contribution in [-0.2, 0) is 6.54 Å². The van der Waals surface area contributed by atoms with Crippen molar-refractivity contribution in [1.29, 1.82) is 0 Å². The molecule has 1 saturated heterocycles. The molecule has 0 atom stereocenters. The summed E-state index contributed by atoms with van der Waals surface area (Å²) in [5.41, 5.74) is 2.65. The molecule has 130 valence electrons. The largest absolute Gasteiger partial charge is 0.361 e. The minimum Gasteiger partial charge on any atom is -0.361 e. The lowest BCUT2D eigenvalue weighted by molar-refractivity contribution is 0.0672. The fourth-order valence-electron chi connectivity index (χ4n) is 3.63. The van der Waals surface area contributed by atoms with E-state index in [1.54, 1.807) is 13.0 Å². The molecule has 1 amide bonds. The third-order valence-electron chi connectivity index (χ3n) is 5.04. The molecule has 6 nitrogen and oxygen atoms in total. The molecular weight excluding hydrogens is 316 g/mol. The Morgan fingerprint density at radius 3 is 2.72 bits per heavy atom. The molecule has 0 spiro atoms. The van der Waals surface area contributed by atoms with Crippen LogP contribution in [0.5, 0.6) is 0 Å². The van der Waals surface area contributed by atoms with E-state index in [0.717, 1.165) is 43.8 Å². The standard InChI is InChI=1S/C19H22N4O2/c1-13-11-17(21-25-13)19(24)22-9-7-15(8-10-22)12-23-14(2)20-16-5-3-4-6-18(16)23/h3-6,11,15H,7-10,12H2,1-2H3. The average molecular weight is 338 g/mol. The fourth-order valence-corrected chi connectivity index (χ4v) is 3.63. The average Bonchev–Trinajstić information content (AvgIpc) is 3.19. The van der Waals surface area contributed by atoms with Crippen molar-refractivity contribution in [3.63, 3.8) is 0 Å². The monoisotopic (exact) mass is 338 g/mol. The third-order valence-corrected chi connectivity index (χ3v) is 5.04. The van der Waals surface area contributed by atoms with E-state index in [4.69, 9.17) is 4.52 Å². The molecule has 0 radical (unpaired) electrons. The molecule has 1 fully saturated rings. The highest BCUT2D eigenvalue weighted by Crippen LogP contribution is 2.24. The summed E-state index contributed by atoms with van der Waals surface area (Å²) in [6.07, 6.45) is 1.99. The highest BCUT2D eigenvalue weighted by molar-refractivity contribution is 5.92. The van der Waals surface area contributed by atoms with Gasteiger partial charge in [-0.15, -0.1) is 0 Å². The van der Waals surface area contributed by atoms with Gasteiger partial charge in [0.15, 0.2) is 5.69 Å². The smallest absolute Gasteiger partial charge is 0.276 e. The summed E-state index contributed by atoms with van der Waals surface area (Å²) < 4.78 is 7.32. The van der Waals surface area contributed by atoms with Gasteiger partial charge in [0.1, 0.15) is 11.6 Å². The highest BCUT2D eigenvalue weighted by Gasteiger charge is 2.26. The Morgan fingerprint density at radius 2 is 2.00 bits per heavy atom. The van der Waals surface area contributed by atoms with Gasteiger partial charge in [-0.1, -0.05) is 17.3 Å². The highest BCUT2D eigenvalue weighted by atomic mass is 16.5. The third kappa shape index (κ3) is 3.04. The van der Waals surface area contributed by atoms with Crippen molar-refractivity contribution in [2.24, 2.45) is 5.92 Å². The molecule has 1 aliphatic rings. The fraction of sp³-hybridized carbons (Fsp3) is 0.421. The molecule has 0 saturated carbocycles. The van der Waals surface area contributed by atoms with E-state index in [9.17, 15) is 4.79 Å². The van der Waals surface area contributed by atoms with Gasteiger partial charge in [-0.3, -0.25) is 4.79 Å². The van der Waals surface area contributed by atoms with E-state index in [0.29, 0.717) is 17.4 Å². The zero-order valence-corrected chi connectivity index (χ0v) is 14.6. The molecule has 0 aliphatic carbocycles. The molecule has 0 bridgehead atoms. The Morgan fingerprint density at radius 1 is 1.24 bits per heavy atom. The number of hydrogen-bond donors (Lipinski definition) is 0. The van der Waals surface area contributed by atoms with Crippen molar-refractivity contribution in [2.45, 2.75) is 33.2 Å². The van der Waals surface area contributed by atoms with Gasteiger partial charge in [-0.2, -0.15) is 0 Å². The number of benzene rings is 1. The number of piperidine rings is 1. The van der Waals surface area contributed by atoms with Crippen LogP contribution in [0.25, 0.3) is 11.0 Å². The second-order valence-electron chi connectivity index (χ2n) is 6.82. The predicted octanol–water partition coefficient (Wildman–Crippen LogP) is 3.19. The number of carbonyl (C=O) groups excluding carboxylic acids is 1. The van der Waals surface area contributed by atoms with Crippen molar-refractivity contribution in [1.82, 2.24) is 19.6 Å². The van der Waals surface area contributed by atoms with Crippen LogP contribution in [0.2, 0.25) is 0 Å². The van der Waals surface area contributed by atoms with Gasteiger partial charge in [0, 0.05) is 25.7 Å². The number of imidazole rings is 1. The first-order valence-corrected chi connectivity index (χ1v) is 8.76. The van der Waals surface area contributed by atoms with Gasteiger partial charge in [0.25, 0.3) is 5.91 Å². The zero-order chi connectivity index (χ0) is 17.4.